The second kappa shape index (κ2) is 6.74. The Balaban J connectivity index is 1.67. The number of hydrogen-bond donors (Lipinski definition) is 1. The summed E-state index contributed by atoms with van der Waals surface area (Å²) in [5.74, 6) is 0.730. The summed E-state index contributed by atoms with van der Waals surface area (Å²) in [5, 5.41) is 2.90. The average molecular weight is 324 g/mol. The maximum absolute atomic E-state index is 12.3. The molecule has 24 heavy (non-hydrogen) atoms. The predicted octanol–water partition coefficient (Wildman–Crippen LogP) is 2.53. The molecule has 5 heteroatoms. The Morgan fingerprint density at radius 2 is 1.96 bits per heavy atom. The van der Waals surface area contributed by atoms with Gasteiger partial charge in [-0.1, -0.05) is 12.1 Å². The Morgan fingerprint density at radius 1 is 1.21 bits per heavy atom. The van der Waals surface area contributed by atoms with Crippen LogP contribution in [0.15, 0.2) is 42.5 Å². The fourth-order valence-electron chi connectivity index (χ4n) is 2.90. The molecule has 124 valence electrons. The first-order chi connectivity index (χ1) is 11.6. The van der Waals surface area contributed by atoms with E-state index in [1.807, 2.05) is 43.3 Å². The number of amides is 2. The molecule has 2 amide bonds. The summed E-state index contributed by atoms with van der Waals surface area (Å²) in [5.41, 5.74) is 3.40. The molecule has 1 heterocycles. The van der Waals surface area contributed by atoms with Crippen LogP contribution in [0.4, 0.5) is 5.69 Å². The van der Waals surface area contributed by atoms with Gasteiger partial charge in [-0.15, -0.1) is 0 Å². The monoisotopic (exact) mass is 324 g/mol. The SMILES string of the molecule is CCN1C(=O)Cc2cc(C(=O)NCc3ccc(OC)cc3)ccc21. The van der Waals surface area contributed by atoms with Gasteiger partial charge in [-0.05, 0) is 48.4 Å². The van der Waals surface area contributed by atoms with Crippen molar-refractivity contribution in [2.45, 2.75) is 19.9 Å². The van der Waals surface area contributed by atoms with Crippen molar-refractivity contribution < 1.29 is 14.3 Å². The van der Waals surface area contributed by atoms with Crippen LogP contribution in [0.25, 0.3) is 0 Å². The van der Waals surface area contributed by atoms with Crippen LogP contribution in [0, 0.1) is 0 Å². The van der Waals surface area contributed by atoms with Crippen molar-refractivity contribution in [3.05, 3.63) is 59.2 Å². The van der Waals surface area contributed by atoms with Crippen molar-refractivity contribution in [2.75, 3.05) is 18.6 Å². The normalized spacial score (nSPS) is 12.9. The lowest BCUT2D eigenvalue weighted by Gasteiger charge is -2.14. The predicted molar refractivity (Wildman–Crippen MR) is 92.3 cm³/mol. The second-order valence-electron chi connectivity index (χ2n) is 5.69. The maximum atomic E-state index is 12.3. The minimum Gasteiger partial charge on any atom is -0.497 e. The number of ether oxygens (including phenoxy) is 1. The maximum Gasteiger partial charge on any atom is 0.251 e. The summed E-state index contributed by atoms with van der Waals surface area (Å²) >= 11 is 0. The van der Waals surface area contributed by atoms with Gasteiger partial charge in [0, 0.05) is 24.3 Å². The molecule has 0 fully saturated rings. The van der Waals surface area contributed by atoms with Crippen LogP contribution >= 0.6 is 0 Å². The molecule has 5 nitrogen and oxygen atoms in total. The lowest BCUT2D eigenvalue weighted by atomic mass is 10.1. The fraction of sp³-hybridized carbons (Fsp3) is 0.263. The van der Waals surface area contributed by atoms with Crippen LogP contribution < -0.4 is 15.0 Å². The molecule has 2 aromatic rings. The van der Waals surface area contributed by atoms with E-state index in [0.29, 0.717) is 25.1 Å². The standard InChI is InChI=1S/C19H20N2O3/c1-3-21-17-9-6-14(10-15(17)11-18(21)22)19(23)20-12-13-4-7-16(24-2)8-5-13/h4-10H,3,11-12H2,1-2H3,(H,20,23). The van der Waals surface area contributed by atoms with Crippen LogP contribution in [0.3, 0.4) is 0 Å². The van der Waals surface area contributed by atoms with Gasteiger partial charge in [0.15, 0.2) is 0 Å². The first-order valence-electron chi connectivity index (χ1n) is 7.96. The highest BCUT2D eigenvalue weighted by Crippen LogP contribution is 2.29. The molecule has 1 N–H and O–H groups in total. The van der Waals surface area contributed by atoms with E-state index in [0.717, 1.165) is 22.6 Å². The van der Waals surface area contributed by atoms with E-state index in [1.54, 1.807) is 18.1 Å². The number of hydrogen-bond acceptors (Lipinski definition) is 3. The average Bonchev–Trinajstić information content (AvgIpc) is 2.94. The number of anilines is 1. The lowest BCUT2D eigenvalue weighted by Crippen LogP contribution is -2.25. The molecule has 0 unspecified atom stereocenters. The van der Waals surface area contributed by atoms with Gasteiger partial charge in [0.05, 0.1) is 13.5 Å². The minimum absolute atomic E-state index is 0.0864. The zero-order valence-electron chi connectivity index (χ0n) is 13.8. The molecule has 0 saturated heterocycles. The number of methoxy groups -OCH3 is 1. The van der Waals surface area contributed by atoms with E-state index in [9.17, 15) is 9.59 Å². The Morgan fingerprint density at radius 3 is 2.62 bits per heavy atom. The van der Waals surface area contributed by atoms with E-state index < -0.39 is 0 Å². The third-order valence-electron chi connectivity index (χ3n) is 4.20. The van der Waals surface area contributed by atoms with Gasteiger partial charge >= 0.3 is 0 Å². The highest BCUT2D eigenvalue weighted by molar-refractivity contribution is 6.03. The van der Waals surface area contributed by atoms with Crippen molar-refractivity contribution in [3.8, 4) is 5.75 Å². The van der Waals surface area contributed by atoms with Gasteiger partial charge in [0.2, 0.25) is 5.91 Å². The molecule has 1 aliphatic rings. The molecule has 0 saturated carbocycles. The van der Waals surface area contributed by atoms with E-state index in [4.69, 9.17) is 4.74 Å². The minimum atomic E-state index is -0.143. The Kier molecular flexibility index (Phi) is 4.51. The molecule has 0 aromatic heterocycles. The number of nitrogens with one attached hydrogen (secondary N) is 1. The van der Waals surface area contributed by atoms with Crippen molar-refractivity contribution >= 4 is 17.5 Å². The Hall–Kier alpha value is -2.82. The summed E-state index contributed by atoms with van der Waals surface area (Å²) in [6, 6.07) is 13.0. The number of benzene rings is 2. The Labute approximate surface area is 141 Å². The van der Waals surface area contributed by atoms with Gasteiger partial charge < -0.3 is 15.0 Å². The lowest BCUT2D eigenvalue weighted by molar-refractivity contribution is -0.117. The number of carbonyl (C=O) groups excluding carboxylic acids is 2. The van der Waals surface area contributed by atoms with Crippen LogP contribution in [0.1, 0.15) is 28.4 Å². The number of rotatable bonds is 5. The molecule has 0 bridgehead atoms. The third-order valence-corrected chi connectivity index (χ3v) is 4.20. The van der Waals surface area contributed by atoms with Gasteiger partial charge in [-0.3, -0.25) is 9.59 Å². The molecule has 0 radical (unpaired) electrons. The molecule has 0 atom stereocenters. The number of nitrogens with zero attached hydrogens (tertiary/aromatic N) is 1. The largest absolute Gasteiger partial charge is 0.497 e. The highest BCUT2D eigenvalue weighted by Gasteiger charge is 2.26. The summed E-state index contributed by atoms with van der Waals surface area (Å²) < 4.78 is 5.11. The summed E-state index contributed by atoms with van der Waals surface area (Å²) in [6.45, 7) is 3.04. The molecule has 0 spiro atoms. The number of fused-ring (bicyclic) bond motifs is 1. The highest BCUT2D eigenvalue weighted by atomic mass is 16.5. The van der Waals surface area contributed by atoms with E-state index in [2.05, 4.69) is 5.32 Å². The van der Waals surface area contributed by atoms with Crippen molar-refractivity contribution in [2.24, 2.45) is 0 Å². The smallest absolute Gasteiger partial charge is 0.251 e. The third kappa shape index (κ3) is 3.11. The molecule has 2 aromatic carbocycles. The Bertz CT molecular complexity index is 769. The van der Waals surface area contributed by atoms with Crippen LogP contribution in [-0.4, -0.2) is 25.5 Å². The van der Waals surface area contributed by atoms with E-state index in [-0.39, 0.29) is 11.8 Å². The van der Waals surface area contributed by atoms with E-state index in [1.165, 1.54) is 0 Å². The van der Waals surface area contributed by atoms with Gasteiger partial charge in [0.1, 0.15) is 5.75 Å². The zero-order valence-corrected chi connectivity index (χ0v) is 13.8. The second-order valence-corrected chi connectivity index (χ2v) is 5.69. The van der Waals surface area contributed by atoms with Crippen molar-refractivity contribution in [1.82, 2.24) is 5.32 Å². The summed E-state index contributed by atoms with van der Waals surface area (Å²) in [7, 11) is 1.62. The van der Waals surface area contributed by atoms with Crippen molar-refractivity contribution in [3.63, 3.8) is 0 Å². The van der Waals surface area contributed by atoms with Crippen LogP contribution in [-0.2, 0) is 17.8 Å². The van der Waals surface area contributed by atoms with Gasteiger partial charge in [-0.2, -0.15) is 0 Å². The molecule has 1 aliphatic heterocycles. The number of carbonyl (C=O) groups is 2. The topological polar surface area (TPSA) is 58.6 Å². The van der Waals surface area contributed by atoms with Crippen LogP contribution in [0.5, 0.6) is 5.75 Å². The molecule has 0 aliphatic carbocycles. The summed E-state index contributed by atoms with van der Waals surface area (Å²) in [4.78, 5) is 26.0. The van der Waals surface area contributed by atoms with Crippen LogP contribution in [0.2, 0.25) is 0 Å². The van der Waals surface area contributed by atoms with Crippen molar-refractivity contribution in [1.29, 1.82) is 0 Å². The zero-order chi connectivity index (χ0) is 17.1. The van der Waals surface area contributed by atoms with Gasteiger partial charge in [0.25, 0.3) is 5.91 Å². The van der Waals surface area contributed by atoms with E-state index >= 15 is 0 Å². The molecular formula is C19H20N2O3. The molecular weight excluding hydrogens is 304 g/mol. The first-order valence-corrected chi connectivity index (χ1v) is 7.96. The quantitative estimate of drug-likeness (QED) is 0.919. The number of likely N-dealkylation sites (N-methyl/N-ethyl adjacent to an activating group) is 1. The fourth-order valence-corrected chi connectivity index (χ4v) is 2.90. The van der Waals surface area contributed by atoms with Gasteiger partial charge in [-0.25, -0.2) is 0 Å². The summed E-state index contributed by atoms with van der Waals surface area (Å²) in [6.07, 6.45) is 0.364. The molecule has 3 rings (SSSR count). The first kappa shape index (κ1) is 16.1.